The van der Waals surface area contributed by atoms with Crippen LogP contribution in [-0.4, -0.2) is 193 Å². The molecule has 4 rings (SSSR count). The van der Waals surface area contributed by atoms with Gasteiger partial charge in [0.25, 0.3) is 0 Å². The van der Waals surface area contributed by atoms with Crippen LogP contribution < -0.4 is 48.3 Å². The Labute approximate surface area is 494 Å². The van der Waals surface area contributed by atoms with Crippen molar-refractivity contribution in [3.8, 4) is 0 Å². The molecule has 1 aliphatic rings. The summed E-state index contributed by atoms with van der Waals surface area (Å²) in [6.45, 7) is 3.09. The van der Waals surface area contributed by atoms with Gasteiger partial charge in [0.15, 0.2) is 0 Å². The molecule has 1 fully saturated rings. The second-order valence-corrected chi connectivity index (χ2v) is 22.3. The Morgan fingerprint density at radius 1 is 0.619 bits per heavy atom. The molecule has 1 aliphatic heterocycles. The molecule has 0 aliphatic carbocycles. The number of hydrogen-bond acceptors (Lipinski definition) is 16. The van der Waals surface area contributed by atoms with E-state index in [0.29, 0.717) is 29.1 Å². The minimum absolute atomic E-state index is 0.0124. The van der Waals surface area contributed by atoms with Crippen LogP contribution in [0.5, 0.6) is 0 Å². The van der Waals surface area contributed by atoms with Gasteiger partial charge in [0.1, 0.15) is 48.3 Å². The first-order valence-corrected chi connectivity index (χ1v) is 29.9. The van der Waals surface area contributed by atoms with Gasteiger partial charge >= 0.3 is 17.9 Å². The van der Waals surface area contributed by atoms with Gasteiger partial charge in [0, 0.05) is 32.0 Å². The zero-order valence-electron chi connectivity index (χ0n) is 47.1. The summed E-state index contributed by atoms with van der Waals surface area (Å²) in [5, 5.41) is 49.1. The van der Waals surface area contributed by atoms with Crippen molar-refractivity contribution in [3.63, 3.8) is 0 Å². The van der Waals surface area contributed by atoms with E-state index in [1.54, 1.807) is 73.2 Å². The van der Waals surface area contributed by atoms with Crippen LogP contribution in [-0.2, 0) is 76.8 Å². The smallest absolute Gasteiger partial charge is 0.326 e. The fourth-order valence-corrected chi connectivity index (χ4v) is 9.91. The first kappa shape index (κ1) is 68.4. The Morgan fingerprint density at radius 3 is 1.64 bits per heavy atom. The number of likely N-dealkylation sites (tertiary alicyclic amines) is 1. The number of H-pyrrole nitrogens is 1. The summed E-state index contributed by atoms with van der Waals surface area (Å²) in [7, 11) is 0. The first-order chi connectivity index (χ1) is 40.0. The van der Waals surface area contributed by atoms with E-state index in [1.165, 1.54) is 40.9 Å². The summed E-state index contributed by atoms with van der Waals surface area (Å²) >= 11 is 2.73. The summed E-state index contributed by atoms with van der Waals surface area (Å²) in [5.41, 5.74) is 7.11. The van der Waals surface area contributed by atoms with Gasteiger partial charge in [-0.1, -0.05) is 74.5 Å². The van der Waals surface area contributed by atoms with Crippen LogP contribution in [0.4, 0.5) is 0 Å². The fraction of sp³-hybridized carbons (Fsp3) is 0.509. The maximum Gasteiger partial charge on any atom is 0.326 e. The maximum atomic E-state index is 14.8. The quantitative estimate of drug-likeness (QED) is 0.0327. The van der Waals surface area contributed by atoms with Crippen LogP contribution in [0.2, 0.25) is 0 Å². The van der Waals surface area contributed by atoms with Crippen LogP contribution in [0.25, 0.3) is 0 Å². The molecule has 29 heteroatoms. The number of aromatic nitrogens is 2. The van der Waals surface area contributed by atoms with E-state index in [4.69, 9.17) is 10.8 Å². The SMILES string of the molecule is CSCC[C@H](NC(=O)[C@H](CC(C)C)NC(=O)CNC(=O)[C@@H]1CCCN1C(=O)[C@H](Cc1ccccc1)NC(=O)[C@H](Cc1ccccc1)NC(=O)[C@H](CC(=O)O)NC(=O)[C@H](Cc1c[nH]cn1)NC(=O)[C@H](CCSC)NC(=O)[C@@H](N)CC(=O)O)C(=O)O. The number of nitrogens with one attached hydrogen (secondary N) is 9. The highest BCUT2D eigenvalue weighted by Gasteiger charge is 2.40. The van der Waals surface area contributed by atoms with Crippen LogP contribution in [0.1, 0.15) is 75.6 Å². The molecule has 0 radical (unpaired) electrons. The first-order valence-electron chi connectivity index (χ1n) is 27.1. The number of carboxylic acid groups (broad SMARTS) is 3. The number of amides is 9. The second-order valence-electron chi connectivity index (χ2n) is 20.4. The average Bonchev–Trinajstić information content (AvgIpc) is 4.37. The number of aromatic amines is 1. The number of aliphatic carboxylic acids is 3. The molecule has 0 saturated carbocycles. The molecule has 1 aromatic heterocycles. The van der Waals surface area contributed by atoms with Crippen LogP contribution in [0, 0.1) is 5.92 Å². The molecule has 2 heterocycles. The molecule has 1 saturated heterocycles. The number of carbonyl (C=O) groups excluding carboxylic acids is 9. The van der Waals surface area contributed by atoms with E-state index in [0.717, 1.165) is 0 Å². The summed E-state index contributed by atoms with van der Waals surface area (Å²) in [5.74, 6) is -11.3. The lowest BCUT2D eigenvalue weighted by Crippen LogP contribution is -2.61. The largest absolute Gasteiger partial charge is 0.481 e. The molecular formula is C55H76N12O15S2. The van der Waals surface area contributed by atoms with Crippen LogP contribution >= 0.6 is 23.5 Å². The van der Waals surface area contributed by atoms with Crippen LogP contribution in [0.15, 0.2) is 73.2 Å². The van der Waals surface area contributed by atoms with Crippen molar-refractivity contribution in [1.82, 2.24) is 57.4 Å². The van der Waals surface area contributed by atoms with E-state index in [1.807, 2.05) is 13.8 Å². The van der Waals surface area contributed by atoms with Gasteiger partial charge in [-0.2, -0.15) is 23.5 Å². The van der Waals surface area contributed by atoms with E-state index in [9.17, 15) is 67.7 Å². The highest BCUT2D eigenvalue weighted by molar-refractivity contribution is 7.98. The van der Waals surface area contributed by atoms with Gasteiger partial charge in [0.05, 0.1) is 37.4 Å². The van der Waals surface area contributed by atoms with E-state index in [2.05, 4.69) is 52.5 Å². The molecule has 3 aromatic rings. The van der Waals surface area contributed by atoms with Crippen LogP contribution in [0.3, 0.4) is 0 Å². The van der Waals surface area contributed by atoms with Gasteiger partial charge in [0.2, 0.25) is 53.2 Å². The number of nitrogens with zero attached hydrogens (tertiary/aromatic N) is 2. The number of rotatable bonds is 36. The van der Waals surface area contributed by atoms with Gasteiger partial charge in [-0.3, -0.25) is 52.7 Å². The number of hydrogen-bond donors (Lipinski definition) is 13. The lowest BCUT2D eigenvalue weighted by atomic mass is 10.0. The molecular weight excluding hydrogens is 1130 g/mol. The predicted molar refractivity (Wildman–Crippen MR) is 309 cm³/mol. The molecule has 2 aromatic carbocycles. The van der Waals surface area contributed by atoms with Crippen molar-refractivity contribution in [2.24, 2.45) is 11.7 Å². The van der Waals surface area contributed by atoms with Crippen molar-refractivity contribution in [2.75, 3.05) is 37.1 Å². The van der Waals surface area contributed by atoms with E-state index >= 15 is 0 Å². The maximum absolute atomic E-state index is 14.8. The molecule has 0 unspecified atom stereocenters. The van der Waals surface area contributed by atoms with Crippen molar-refractivity contribution in [1.29, 1.82) is 0 Å². The average molecular weight is 1210 g/mol. The van der Waals surface area contributed by atoms with E-state index < -0.39 is 145 Å². The van der Waals surface area contributed by atoms with Crippen molar-refractivity contribution in [3.05, 3.63) is 90.0 Å². The number of imidazole rings is 1. The Balaban J connectivity index is 1.58. The molecule has 458 valence electrons. The van der Waals surface area contributed by atoms with Gasteiger partial charge in [-0.05, 0) is 73.2 Å². The Morgan fingerprint density at radius 2 is 1.11 bits per heavy atom. The Hall–Kier alpha value is -8.05. The summed E-state index contributed by atoms with van der Waals surface area (Å²) < 4.78 is 0. The van der Waals surface area contributed by atoms with E-state index in [-0.39, 0.29) is 63.1 Å². The lowest BCUT2D eigenvalue weighted by Gasteiger charge is -2.30. The van der Waals surface area contributed by atoms with Gasteiger partial charge in [-0.15, -0.1) is 0 Å². The monoisotopic (exact) mass is 1210 g/mol. The Bertz CT molecular complexity index is 2730. The zero-order chi connectivity index (χ0) is 61.9. The van der Waals surface area contributed by atoms with Gasteiger partial charge in [-0.25, -0.2) is 9.78 Å². The summed E-state index contributed by atoms with van der Waals surface area (Å²) in [6.07, 6.45) is 4.68. The highest BCUT2D eigenvalue weighted by atomic mass is 32.2. The molecule has 0 bridgehead atoms. The number of carboxylic acids is 3. The van der Waals surface area contributed by atoms with Gasteiger partial charge < -0.3 is 73.5 Å². The minimum Gasteiger partial charge on any atom is -0.481 e. The third-order valence-corrected chi connectivity index (χ3v) is 14.5. The summed E-state index contributed by atoms with van der Waals surface area (Å²) in [6, 6.07) is 4.27. The predicted octanol–water partition coefficient (Wildman–Crippen LogP) is -1.15. The topological polar surface area (TPSA) is 420 Å². The molecule has 9 amide bonds. The van der Waals surface area contributed by atoms with Crippen molar-refractivity contribution in [2.45, 2.75) is 132 Å². The second kappa shape index (κ2) is 35.2. The number of carbonyl (C=O) groups is 12. The highest BCUT2D eigenvalue weighted by Crippen LogP contribution is 2.21. The summed E-state index contributed by atoms with van der Waals surface area (Å²) in [4.78, 5) is 169. The molecule has 9 atom stereocenters. The van der Waals surface area contributed by atoms with Crippen molar-refractivity contribution >= 4 is 94.6 Å². The van der Waals surface area contributed by atoms with Crippen molar-refractivity contribution < 1.29 is 72.9 Å². The molecule has 27 nitrogen and oxygen atoms in total. The molecule has 84 heavy (non-hydrogen) atoms. The number of thioether (sulfide) groups is 2. The Kier molecular flexibility index (Phi) is 28.7. The molecule has 0 spiro atoms. The lowest BCUT2D eigenvalue weighted by molar-refractivity contribution is -0.143. The molecule has 14 N–H and O–H groups in total. The number of benzene rings is 2. The third-order valence-electron chi connectivity index (χ3n) is 13.2. The minimum atomic E-state index is -1.90. The zero-order valence-corrected chi connectivity index (χ0v) is 48.8. The normalized spacial score (nSPS) is 15.7. The number of nitrogens with two attached hydrogens (primary N) is 1. The standard InChI is InChI=1S/C55H76N12O15S2/c1-31(2)22-38(49(75)62-37(55(81)82)18-21-84-4)60-44(68)29-58-53(79)43-16-11-19-67(43)54(80)42(24-33-14-9-6-10-15-33)66-50(76)39(23-32-12-7-5-8-13-32)63-52(78)41(27-46(71)72)65-51(77)40(25-34-28-57-30-59-34)64-48(74)36(17-20-83-3)61-47(73)35(56)26-45(69)70/h5-10,12-15,28,30-31,35-43H,11,16-27,29,56H2,1-4H3,(H,57,59)(H,58,79)(H,60,68)(H,61,73)(H,62,75)(H,63,78)(H,64,74)(H,65,77)(H,66,76)(H,69,70)(H,71,72)(H,81,82)/t35-,36-,37-,38-,39-,40-,41-,42-,43-/m0/s1. The third kappa shape index (κ3) is 23.3. The fourth-order valence-electron chi connectivity index (χ4n) is 8.97.